The molecule has 0 aliphatic heterocycles. The number of para-hydroxylation sites is 1. The summed E-state index contributed by atoms with van der Waals surface area (Å²) in [5.41, 5.74) is 1.71. The number of hydrogen-bond acceptors (Lipinski definition) is 4. The molecule has 2 aromatic carbocycles. The lowest BCUT2D eigenvalue weighted by Crippen LogP contribution is -3.00. The summed E-state index contributed by atoms with van der Waals surface area (Å²) in [4.78, 5) is 26.9. The van der Waals surface area contributed by atoms with Gasteiger partial charge in [0, 0.05) is 36.4 Å². The van der Waals surface area contributed by atoms with Crippen LogP contribution in [0.4, 0.5) is 5.69 Å². The Kier molecular flexibility index (Phi) is 8.49. The number of aromatic nitrogens is 2. The molecule has 0 radical (unpaired) electrons. The van der Waals surface area contributed by atoms with Crippen LogP contribution in [-0.4, -0.2) is 10.5 Å². The fourth-order valence-electron chi connectivity index (χ4n) is 3.60. The number of hydrogen-bond donors (Lipinski definition) is 0. The van der Waals surface area contributed by atoms with Crippen molar-refractivity contribution in [3.05, 3.63) is 78.1 Å². The van der Waals surface area contributed by atoms with Crippen LogP contribution in [0.2, 0.25) is 5.02 Å². The van der Waals surface area contributed by atoms with Crippen molar-refractivity contribution in [2.24, 2.45) is 0 Å². The maximum absolute atomic E-state index is 13.1. The topological polar surface area (TPSA) is 46.2 Å². The van der Waals surface area contributed by atoms with E-state index in [-0.39, 0.29) is 35.4 Å². The molecule has 0 aliphatic carbocycles. The van der Waals surface area contributed by atoms with E-state index >= 15 is 0 Å². The van der Waals surface area contributed by atoms with E-state index in [1.807, 2.05) is 55.5 Å². The van der Waals surface area contributed by atoms with Crippen LogP contribution in [-0.2, 0) is 17.9 Å². The third-order valence-electron chi connectivity index (χ3n) is 5.13. The predicted molar refractivity (Wildman–Crippen MR) is 134 cm³/mol. The number of benzene rings is 2. The lowest BCUT2D eigenvalue weighted by molar-refractivity contribution is -0.665. The van der Waals surface area contributed by atoms with E-state index in [2.05, 4.69) is 17.6 Å². The molecule has 0 unspecified atom stereocenters. The molecule has 4 aromatic rings. The summed E-state index contributed by atoms with van der Waals surface area (Å²) in [6, 6.07) is 15.2. The number of thiazole rings is 2. The van der Waals surface area contributed by atoms with E-state index in [1.54, 1.807) is 22.1 Å². The molecule has 0 bridgehead atoms. The van der Waals surface area contributed by atoms with Crippen LogP contribution in [0, 0.1) is 0 Å². The third-order valence-corrected chi connectivity index (χ3v) is 7.52. The highest BCUT2D eigenvalue weighted by Gasteiger charge is 2.18. The Balaban J connectivity index is 0.00000306. The monoisotopic (exact) mass is 611 g/mol. The van der Waals surface area contributed by atoms with Crippen LogP contribution in [0.15, 0.2) is 53.3 Å². The maximum atomic E-state index is 13.1. The minimum atomic E-state index is -0.150. The van der Waals surface area contributed by atoms with Gasteiger partial charge in [0.2, 0.25) is 11.4 Å². The molecule has 0 atom stereocenters. The van der Waals surface area contributed by atoms with Crippen LogP contribution in [0.3, 0.4) is 0 Å². The first-order chi connectivity index (χ1) is 15.4. The van der Waals surface area contributed by atoms with Crippen molar-refractivity contribution in [3.8, 4) is 0 Å². The average molecular weight is 612 g/mol. The van der Waals surface area contributed by atoms with Crippen LogP contribution in [0.1, 0.15) is 25.8 Å². The van der Waals surface area contributed by atoms with E-state index in [9.17, 15) is 9.59 Å². The second kappa shape index (κ2) is 10.9. The highest BCUT2D eigenvalue weighted by molar-refractivity contribution is 7.19. The van der Waals surface area contributed by atoms with E-state index in [1.165, 1.54) is 23.2 Å². The van der Waals surface area contributed by atoms with Gasteiger partial charge in [-0.05, 0) is 38.1 Å². The highest BCUT2D eigenvalue weighted by atomic mass is 127. The summed E-state index contributed by atoms with van der Waals surface area (Å²) < 4.78 is 6.45. The molecule has 5 nitrogen and oxygen atoms in total. The molecular weight excluding hydrogens is 589 g/mol. The quantitative estimate of drug-likeness (QED) is 0.247. The summed E-state index contributed by atoms with van der Waals surface area (Å²) in [5, 5.41) is 1.75. The first kappa shape index (κ1) is 25.6. The minimum Gasteiger partial charge on any atom is -1.00 e. The van der Waals surface area contributed by atoms with Gasteiger partial charge in [0.25, 0.3) is 10.6 Å². The Morgan fingerprint density at radius 1 is 1.15 bits per heavy atom. The number of fused-ring (bicyclic) bond motifs is 1. The van der Waals surface area contributed by atoms with Crippen molar-refractivity contribution in [1.82, 2.24) is 4.57 Å². The van der Waals surface area contributed by atoms with E-state index in [4.69, 9.17) is 11.6 Å². The van der Waals surface area contributed by atoms with Gasteiger partial charge in [0.05, 0.1) is 6.08 Å². The highest BCUT2D eigenvalue weighted by Crippen LogP contribution is 2.24. The first-order valence-corrected chi connectivity index (χ1v) is 12.3. The number of anilines is 1. The van der Waals surface area contributed by atoms with E-state index in [0.717, 1.165) is 32.1 Å². The summed E-state index contributed by atoms with van der Waals surface area (Å²) in [6.45, 7) is 6.88. The Bertz CT molecular complexity index is 1480. The zero-order valence-electron chi connectivity index (χ0n) is 18.4. The van der Waals surface area contributed by atoms with Gasteiger partial charge in [-0.1, -0.05) is 41.1 Å². The minimum absolute atomic E-state index is 0. The second-order valence-electron chi connectivity index (χ2n) is 7.15. The normalized spacial score (nSPS) is 12.2. The van der Waals surface area contributed by atoms with Gasteiger partial charge in [-0.3, -0.25) is 19.1 Å². The van der Waals surface area contributed by atoms with Crippen molar-refractivity contribution < 1.29 is 33.3 Å². The standard InChI is InChI=1S/C24H23ClN3O2S2.HI/c1-4-26-19-13-17(25)11-12-20(19)31-22(26)14-23-27(5-2)24(30)21(32-23)15-28(16(3)29)18-9-7-6-8-10-18;/h6-15H,4-5H2,1-3H3;1H/q+1;/p-1/b21-15+;. The average Bonchev–Trinajstić information content (AvgIpc) is 3.27. The van der Waals surface area contributed by atoms with Gasteiger partial charge in [-0.25, -0.2) is 0 Å². The maximum Gasteiger partial charge on any atom is 0.270 e. The second-order valence-corrected chi connectivity index (χ2v) is 9.71. The summed E-state index contributed by atoms with van der Waals surface area (Å²) in [7, 11) is 0. The number of halogens is 2. The Morgan fingerprint density at radius 3 is 2.52 bits per heavy atom. The van der Waals surface area contributed by atoms with Gasteiger partial charge in [0.15, 0.2) is 0 Å². The summed E-state index contributed by atoms with van der Waals surface area (Å²) in [5.74, 6) is -0.150. The Labute approximate surface area is 221 Å². The van der Waals surface area contributed by atoms with Crippen LogP contribution in [0.25, 0.3) is 22.5 Å². The van der Waals surface area contributed by atoms with Crippen LogP contribution >= 0.6 is 34.3 Å². The van der Waals surface area contributed by atoms with Gasteiger partial charge < -0.3 is 24.0 Å². The number of carbonyl (C=O) groups is 1. The number of rotatable bonds is 5. The fraction of sp³-hybridized carbons (Fsp3) is 0.208. The Hall–Kier alpha value is -2.01. The molecule has 172 valence electrons. The number of nitrogens with zero attached hydrogens (tertiary/aromatic N) is 3. The van der Waals surface area contributed by atoms with Crippen molar-refractivity contribution in [3.63, 3.8) is 0 Å². The smallest absolute Gasteiger partial charge is 0.270 e. The van der Waals surface area contributed by atoms with Gasteiger partial charge in [0.1, 0.15) is 20.4 Å². The van der Waals surface area contributed by atoms with E-state index in [0.29, 0.717) is 16.1 Å². The SMILES string of the molecule is CCn1c(=O)/c(=C\N(C(C)=O)c2ccccc2)s/c1=C\c1sc2ccc(Cl)cc2[n+]1CC.[I-]. The predicted octanol–water partition coefficient (Wildman–Crippen LogP) is 0.729. The largest absolute Gasteiger partial charge is 1.00 e. The fourth-order valence-corrected chi connectivity index (χ4v) is 6.06. The van der Waals surface area contributed by atoms with Crippen LogP contribution in [0.5, 0.6) is 0 Å². The van der Waals surface area contributed by atoms with Crippen molar-refractivity contribution >= 4 is 68.4 Å². The summed E-state index contributed by atoms with van der Waals surface area (Å²) in [6.07, 6.45) is 3.70. The molecular formula is C24H23ClIN3O2S2. The molecule has 0 N–H and O–H groups in total. The lowest BCUT2D eigenvalue weighted by Gasteiger charge is -2.15. The molecule has 4 rings (SSSR count). The molecule has 0 saturated carbocycles. The van der Waals surface area contributed by atoms with Gasteiger partial charge in [-0.15, -0.1) is 11.3 Å². The van der Waals surface area contributed by atoms with Gasteiger partial charge >= 0.3 is 0 Å². The first-order valence-electron chi connectivity index (χ1n) is 10.3. The summed E-state index contributed by atoms with van der Waals surface area (Å²) >= 11 is 9.27. The third kappa shape index (κ3) is 5.24. The van der Waals surface area contributed by atoms with Gasteiger partial charge in [-0.2, -0.15) is 4.57 Å². The molecule has 0 saturated heterocycles. The molecule has 2 aromatic heterocycles. The van der Waals surface area contributed by atoms with Crippen molar-refractivity contribution in [2.45, 2.75) is 33.9 Å². The van der Waals surface area contributed by atoms with Crippen molar-refractivity contribution in [2.75, 3.05) is 4.90 Å². The number of carbonyl (C=O) groups excluding carboxylic acids is 1. The number of amides is 1. The lowest BCUT2D eigenvalue weighted by atomic mass is 10.3. The molecule has 9 heteroatoms. The molecule has 1 amide bonds. The van der Waals surface area contributed by atoms with Crippen LogP contribution < -0.4 is 48.2 Å². The zero-order valence-corrected chi connectivity index (χ0v) is 23.0. The zero-order chi connectivity index (χ0) is 22.8. The number of aryl methyl sites for hydroxylation is 1. The van der Waals surface area contributed by atoms with E-state index < -0.39 is 0 Å². The molecule has 0 aliphatic rings. The molecule has 2 heterocycles. The molecule has 0 fully saturated rings. The molecule has 33 heavy (non-hydrogen) atoms. The van der Waals surface area contributed by atoms with Crippen molar-refractivity contribution in [1.29, 1.82) is 0 Å². The Morgan fingerprint density at radius 2 is 1.88 bits per heavy atom. The molecule has 0 spiro atoms.